The fourth-order valence-corrected chi connectivity index (χ4v) is 3.56. The number of rotatable bonds is 6. The molecule has 0 radical (unpaired) electrons. The molecule has 0 aromatic heterocycles. The number of benzene rings is 4. The Bertz CT molecular complexity index is 1240. The second kappa shape index (κ2) is 18.5. The molecule has 38 heavy (non-hydrogen) atoms. The number of carboxylic acids is 2. The summed E-state index contributed by atoms with van der Waals surface area (Å²) in [6.45, 7) is 3.31. The van der Waals surface area contributed by atoms with Crippen molar-refractivity contribution in [2.45, 2.75) is 25.7 Å². The Kier molecular flexibility index (Phi) is 19.1. The molecule has 4 rings (SSSR count). The van der Waals surface area contributed by atoms with Crippen molar-refractivity contribution in [3.8, 4) is 11.5 Å². The standard InChI is InChI=1S/2C14H14O3.2K.2H2O/c2*1-9(14(15)16)10-3-4-12-8-13(17-2)6-5-11(12)7-10;;;;/h2*3-9H,1-2H3,(H,15,16);;;2*1H2/q;;2*+1;;/p-2. The van der Waals surface area contributed by atoms with Crippen LogP contribution in [0.2, 0.25) is 0 Å². The molecule has 0 aliphatic heterocycles. The minimum Gasteiger partial charge on any atom is -0.870 e. The van der Waals surface area contributed by atoms with Gasteiger partial charge in [0, 0.05) is 11.9 Å². The number of carboxylic acid groups (broad SMARTS) is 2. The van der Waals surface area contributed by atoms with Gasteiger partial charge in [-0.15, -0.1) is 0 Å². The minimum absolute atomic E-state index is 0. The zero-order chi connectivity index (χ0) is 24.8. The third-order valence-electron chi connectivity index (χ3n) is 5.87. The first kappa shape index (κ1) is 39.3. The van der Waals surface area contributed by atoms with Gasteiger partial charge in [0.25, 0.3) is 0 Å². The van der Waals surface area contributed by atoms with Crippen LogP contribution in [0.1, 0.15) is 36.8 Å². The molecule has 0 amide bonds. The van der Waals surface area contributed by atoms with E-state index in [4.69, 9.17) is 14.6 Å². The number of fused-ring (bicyclic) bond motifs is 2. The Morgan fingerprint density at radius 2 is 1.03 bits per heavy atom. The number of hydrogen-bond acceptors (Lipinski definition) is 6. The third kappa shape index (κ3) is 10.3. The molecule has 10 heteroatoms. The van der Waals surface area contributed by atoms with Crippen LogP contribution in [0.25, 0.3) is 21.5 Å². The van der Waals surface area contributed by atoms with Crippen LogP contribution in [0.15, 0.2) is 72.8 Å². The Morgan fingerprint density at radius 3 is 1.37 bits per heavy atom. The summed E-state index contributed by atoms with van der Waals surface area (Å²) in [5, 5.41) is 23.9. The van der Waals surface area contributed by atoms with Crippen LogP contribution in [0.3, 0.4) is 0 Å². The molecule has 0 spiro atoms. The van der Waals surface area contributed by atoms with Crippen molar-refractivity contribution in [3.63, 3.8) is 0 Å². The summed E-state index contributed by atoms with van der Waals surface area (Å²) in [5.41, 5.74) is 1.57. The second-order valence-corrected chi connectivity index (χ2v) is 8.05. The maximum absolute atomic E-state index is 10.9. The van der Waals surface area contributed by atoms with Crippen molar-refractivity contribution in [2.24, 2.45) is 0 Å². The summed E-state index contributed by atoms with van der Waals surface area (Å²) in [4.78, 5) is 21.7. The van der Waals surface area contributed by atoms with Crippen molar-refractivity contribution < 1.29 is 143 Å². The minimum atomic E-state index is -1.06. The van der Waals surface area contributed by atoms with E-state index in [-0.39, 0.29) is 114 Å². The maximum Gasteiger partial charge on any atom is 1.00 e. The van der Waals surface area contributed by atoms with Gasteiger partial charge in [0.1, 0.15) is 11.5 Å². The van der Waals surface area contributed by atoms with Gasteiger partial charge in [0.2, 0.25) is 0 Å². The van der Waals surface area contributed by atoms with Crippen LogP contribution >= 0.6 is 0 Å². The maximum atomic E-state index is 10.9. The predicted octanol–water partition coefficient (Wildman–Crippen LogP) is -2.26. The summed E-state index contributed by atoms with van der Waals surface area (Å²) >= 11 is 0. The van der Waals surface area contributed by atoms with Crippen LogP contribution in [0.4, 0.5) is 0 Å². The molecule has 0 saturated carbocycles. The molecule has 0 aliphatic carbocycles. The zero-order valence-electron chi connectivity index (χ0n) is 22.5. The van der Waals surface area contributed by atoms with Crippen LogP contribution in [-0.4, -0.2) is 42.2 Å². The summed E-state index contributed by atoms with van der Waals surface area (Å²) in [5.74, 6) is -1.35. The monoisotopic (exact) mass is 572 g/mol. The van der Waals surface area contributed by atoms with Gasteiger partial charge in [0.05, 0.1) is 20.1 Å². The largest absolute Gasteiger partial charge is 1.00 e. The molecule has 2 atom stereocenters. The molecule has 0 bridgehead atoms. The van der Waals surface area contributed by atoms with E-state index < -0.39 is 23.8 Å². The predicted molar refractivity (Wildman–Crippen MR) is 136 cm³/mol. The number of aliphatic carboxylic acids is 2. The van der Waals surface area contributed by atoms with Crippen molar-refractivity contribution in [1.29, 1.82) is 0 Å². The number of ether oxygens (including phenoxy) is 2. The Balaban J connectivity index is 0. The Labute approximate surface area is 307 Å². The van der Waals surface area contributed by atoms with Crippen LogP contribution < -0.4 is 117 Å². The SMILES string of the molecule is COc1ccc2cc(C(C)C(=O)O)ccc2c1.COc1ccc2cc(C(C)C(=O)[O-])ccc2c1.O.[K+].[K+].[OH-]. The first-order valence-corrected chi connectivity index (χ1v) is 10.8. The van der Waals surface area contributed by atoms with Gasteiger partial charge in [-0.05, 0) is 63.9 Å². The van der Waals surface area contributed by atoms with Gasteiger partial charge in [-0.3, -0.25) is 4.79 Å². The number of methoxy groups -OCH3 is 2. The molecule has 4 aromatic rings. The Morgan fingerprint density at radius 1 is 0.684 bits per heavy atom. The van der Waals surface area contributed by atoms with Crippen LogP contribution in [0.5, 0.6) is 11.5 Å². The molecule has 8 nitrogen and oxygen atoms in total. The van der Waals surface area contributed by atoms with Gasteiger partial charge in [-0.1, -0.05) is 55.5 Å². The molecule has 2 unspecified atom stereocenters. The van der Waals surface area contributed by atoms with Gasteiger partial charge in [-0.2, -0.15) is 0 Å². The smallest absolute Gasteiger partial charge is 0.870 e. The average molecular weight is 573 g/mol. The van der Waals surface area contributed by atoms with Crippen LogP contribution in [-0.2, 0) is 9.59 Å². The first-order valence-electron chi connectivity index (χ1n) is 10.8. The van der Waals surface area contributed by atoms with Crippen LogP contribution in [0, 0.1) is 0 Å². The van der Waals surface area contributed by atoms with Gasteiger partial charge < -0.3 is 35.4 Å². The third-order valence-corrected chi connectivity index (χ3v) is 5.87. The zero-order valence-corrected chi connectivity index (χ0v) is 28.8. The van der Waals surface area contributed by atoms with E-state index in [0.29, 0.717) is 0 Å². The quantitative estimate of drug-likeness (QED) is 0.256. The molecule has 4 N–H and O–H groups in total. The van der Waals surface area contributed by atoms with Gasteiger partial charge >= 0.3 is 109 Å². The molecule has 0 fully saturated rings. The number of carbonyl (C=O) groups excluding carboxylic acids is 1. The van der Waals surface area contributed by atoms with E-state index >= 15 is 0 Å². The Hall–Kier alpha value is -0.867. The second-order valence-electron chi connectivity index (χ2n) is 8.05. The van der Waals surface area contributed by atoms with Gasteiger partial charge in [-0.25, -0.2) is 0 Å². The summed E-state index contributed by atoms with van der Waals surface area (Å²) < 4.78 is 10.3. The number of carbonyl (C=O) groups is 2. The van der Waals surface area contributed by atoms with Gasteiger partial charge in [0.15, 0.2) is 0 Å². The van der Waals surface area contributed by atoms with E-state index in [1.807, 2.05) is 72.8 Å². The van der Waals surface area contributed by atoms with E-state index in [1.54, 1.807) is 28.1 Å². The fourth-order valence-electron chi connectivity index (χ4n) is 3.56. The summed E-state index contributed by atoms with van der Waals surface area (Å²) in [6.07, 6.45) is 0. The molecule has 192 valence electrons. The number of hydrogen-bond donors (Lipinski definition) is 1. The summed E-state index contributed by atoms with van der Waals surface area (Å²) in [7, 11) is 3.25. The van der Waals surface area contributed by atoms with E-state index in [9.17, 15) is 14.7 Å². The first-order chi connectivity index (χ1) is 16.2. The van der Waals surface area contributed by atoms with Crippen molar-refractivity contribution >= 4 is 33.5 Å². The topological polar surface area (TPSA) is 157 Å². The normalized spacial score (nSPS) is 11.1. The summed E-state index contributed by atoms with van der Waals surface area (Å²) in [6, 6.07) is 22.7. The molecule has 0 saturated heterocycles. The average Bonchev–Trinajstić information content (AvgIpc) is 2.86. The molecule has 4 aromatic carbocycles. The molecular formula is C28H30K2O8. The van der Waals surface area contributed by atoms with Crippen molar-refractivity contribution in [1.82, 2.24) is 0 Å². The van der Waals surface area contributed by atoms with Crippen molar-refractivity contribution in [3.05, 3.63) is 83.9 Å². The fraction of sp³-hybridized carbons (Fsp3) is 0.214. The molecule has 0 aliphatic rings. The van der Waals surface area contributed by atoms with Crippen molar-refractivity contribution in [2.75, 3.05) is 14.2 Å². The van der Waals surface area contributed by atoms with E-state index in [2.05, 4.69) is 0 Å². The van der Waals surface area contributed by atoms with E-state index in [1.165, 1.54) is 0 Å². The van der Waals surface area contributed by atoms with E-state index in [0.717, 1.165) is 44.2 Å². The molecule has 0 heterocycles. The molecular weight excluding hydrogens is 542 g/mol.